The van der Waals surface area contributed by atoms with Crippen LogP contribution in [0.3, 0.4) is 0 Å². The van der Waals surface area contributed by atoms with Gasteiger partial charge in [-0.05, 0) is 35.9 Å². The van der Waals surface area contributed by atoms with E-state index in [-0.39, 0.29) is 17.0 Å². The molecule has 0 unspecified atom stereocenters. The van der Waals surface area contributed by atoms with Crippen molar-refractivity contribution >= 4 is 31.9 Å². The van der Waals surface area contributed by atoms with E-state index < -0.39 is 15.9 Å². The van der Waals surface area contributed by atoms with Crippen LogP contribution in [0, 0.1) is 0 Å². The first kappa shape index (κ1) is 16.7. The summed E-state index contributed by atoms with van der Waals surface area (Å²) in [5.74, 6) is -0.592. The van der Waals surface area contributed by atoms with Gasteiger partial charge in [0.05, 0.1) is 4.90 Å². The zero-order valence-corrected chi connectivity index (χ0v) is 14.3. The first-order valence-electron chi connectivity index (χ1n) is 6.42. The van der Waals surface area contributed by atoms with Gasteiger partial charge in [0.1, 0.15) is 0 Å². The molecule has 0 saturated heterocycles. The van der Waals surface area contributed by atoms with Gasteiger partial charge in [-0.15, -0.1) is 0 Å². The minimum absolute atomic E-state index is 0.118. The predicted molar refractivity (Wildman–Crippen MR) is 87.8 cm³/mol. The van der Waals surface area contributed by atoms with Crippen LogP contribution in [0.1, 0.15) is 15.9 Å². The maximum absolute atomic E-state index is 12.5. The van der Waals surface area contributed by atoms with Crippen LogP contribution in [0.4, 0.5) is 0 Å². The van der Waals surface area contributed by atoms with Gasteiger partial charge in [-0.2, -0.15) is 4.31 Å². The molecule has 0 aliphatic carbocycles. The van der Waals surface area contributed by atoms with Gasteiger partial charge in [0.2, 0.25) is 15.9 Å². The van der Waals surface area contributed by atoms with Crippen molar-refractivity contribution in [3.8, 4) is 0 Å². The number of nitrogens with two attached hydrogens (primary N) is 1. The molecule has 0 spiro atoms. The summed E-state index contributed by atoms with van der Waals surface area (Å²) in [5.41, 5.74) is 6.28. The molecular weight excluding hydrogens is 368 g/mol. The summed E-state index contributed by atoms with van der Waals surface area (Å²) in [6, 6.07) is 13.0. The second kappa shape index (κ2) is 6.60. The van der Waals surface area contributed by atoms with Gasteiger partial charge < -0.3 is 5.73 Å². The molecular formula is C15H15BrN2O3S. The number of halogens is 1. The minimum atomic E-state index is -3.64. The van der Waals surface area contributed by atoms with E-state index in [4.69, 9.17) is 5.73 Å². The number of rotatable bonds is 5. The standard InChI is InChI=1S/C15H15BrN2O3S/c1-18(10-12-4-2-3-5-14(12)16)22(20,21)13-8-6-11(7-9-13)15(17)19/h2-9H,10H2,1H3,(H2,17,19). The molecule has 0 aliphatic rings. The summed E-state index contributed by atoms with van der Waals surface area (Å²) in [5, 5.41) is 0. The average Bonchev–Trinajstić information content (AvgIpc) is 2.49. The van der Waals surface area contributed by atoms with Crippen molar-refractivity contribution in [3.63, 3.8) is 0 Å². The largest absolute Gasteiger partial charge is 0.366 e. The summed E-state index contributed by atoms with van der Waals surface area (Å²) in [6.07, 6.45) is 0. The molecule has 1 amide bonds. The smallest absolute Gasteiger partial charge is 0.248 e. The van der Waals surface area contributed by atoms with E-state index >= 15 is 0 Å². The fraction of sp³-hybridized carbons (Fsp3) is 0.133. The van der Waals surface area contributed by atoms with Crippen LogP contribution in [0.5, 0.6) is 0 Å². The molecule has 22 heavy (non-hydrogen) atoms. The topological polar surface area (TPSA) is 80.5 Å². The Balaban J connectivity index is 2.26. The molecule has 116 valence electrons. The lowest BCUT2D eigenvalue weighted by Crippen LogP contribution is -2.26. The van der Waals surface area contributed by atoms with Crippen molar-refractivity contribution < 1.29 is 13.2 Å². The maximum atomic E-state index is 12.5. The van der Waals surface area contributed by atoms with Gasteiger partial charge in [0.15, 0.2) is 0 Å². The molecule has 7 heteroatoms. The first-order valence-corrected chi connectivity index (χ1v) is 8.65. The van der Waals surface area contributed by atoms with Crippen LogP contribution < -0.4 is 5.73 Å². The van der Waals surface area contributed by atoms with E-state index in [0.29, 0.717) is 0 Å². The number of sulfonamides is 1. The van der Waals surface area contributed by atoms with Crippen molar-refractivity contribution in [1.29, 1.82) is 0 Å². The second-order valence-electron chi connectivity index (χ2n) is 4.74. The lowest BCUT2D eigenvalue weighted by Gasteiger charge is -2.18. The Bertz CT molecular complexity index is 789. The summed E-state index contributed by atoms with van der Waals surface area (Å²) >= 11 is 3.40. The van der Waals surface area contributed by atoms with Crippen LogP contribution in [0.2, 0.25) is 0 Å². The molecule has 2 aromatic carbocycles. The lowest BCUT2D eigenvalue weighted by molar-refractivity contribution is 0.1000. The third-order valence-electron chi connectivity index (χ3n) is 3.20. The van der Waals surface area contributed by atoms with E-state index in [9.17, 15) is 13.2 Å². The van der Waals surface area contributed by atoms with Crippen molar-refractivity contribution in [2.75, 3.05) is 7.05 Å². The van der Waals surface area contributed by atoms with Crippen LogP contribution in [-0.4, -0.2) is 25.7 Å². The Kier molecular flexibility index (Phi) is 5.00. The Hall–Kier alpha value is -1.70. The number of amides is 1. The molecule has 0 fully saturated rings. The van der Waals surface area contributed by atoms with Crippen LogP contribution in [0.25, 0.3) is 0 Å². The van der Waals surface area contributed by atoms with Crippen molar-refractivity contribution in [3.05, 3.63) is 64.1 Å². The van der Waals surface area contributed by atoms with E-state index in [0.717, 1.165) is 10.0 Å². The van der Waals surface area contributed by atoms with E-state index in [1.807, 2.05) is 24.3 Å². The molecule has 5 nitrogen and oxygen atoms in total. The van der Waals surface area contributed by atoms with Gasteiger partial charge in [-0.1, -0.05) is 34.1 Å². The molecule has 2 aromatic rings. The third kappa shape index (κ3) is 3.55. The highest BCUT2D eigenvalue weighted by Crippen LogP contribution is 2.21. The zero-order valence-electron chi connectivity index (χ0n) is 11.9. The van der Waals surface area contributed by atoms with Crippen molar-refractivity contribution in [1.82, 2.24) is 4.31 Å². The number of hydrogen-bond donors (Lipinski definition) is 1. The quantitative estimate of drug-likeness (QED) is 0.861. The van der Waals surface area contributed by atoms with Gasteiger partial charge in [-0.3, -0.25) is 4.79 Å². The summed E-state index contributed by atoms with van der Waals surface area (Å²) in [4.78, 5) is 11.1. The Labute approximate surface area is 137 Å². The summed E-state index contributed by atoms with van der Waals surface area (Å²) in [6.45, 7) is 0.237. The highest BCUT2D eigenvalue weighted by molar-refractivity contribution is 9.10. The molecule has 0 aromatic heterocycles. The van der Waals surface area contributed by atoms with E-state index in [1.54, 1.807) is 0 Å². The highest BCUT2D eigenvalue weighted by atomic mass is 79.9. The van der Waals surface area contributed by atoms with Crippen molar-refractivity contribution in [2.24, 2.45) is 5.73 Å². The Morgan fingerprint density at radius 1 is 1.14 bits per heavy atom. The third-order valence-corrected chi connectivity index (χ3v) is 5.79. The van der Waals surface area contributed by atoms with Crippen LogP contribution in [0.15, 0.2) is 57.9 Å². The molecule has 0 bridgehead atoms. The van der Waals surface area contributed by atoms with Gasteiger partial charge in [-0.25, -0.2) is 8.42 Å². The monoisotopic (exact) mass is 382 g/mol. The van der Waals surface area contributed by atoms with Gasteiger partial charge in [0, 0.05) is 23.6 Å². The predicted octanol–water partition coefficient (Wildman–Crippen LogP) is 2.37. The lowest BCUT2D eigenvalue weighted by atomic mass is 10.2. The van der Waals surface area contributed by atoms with E-state index in [1.165, 1.54) is 35.6 Å². The maximum Gasteiger partial charge on any atom is 0.248 e. The molecule has 0 saturated carbocycles. The summed E-state index contributed by atoms with van der Waals surface area (Å²) in [7, 11) is -2.13. The average molecular weight is 383 g/mol. The summed E-state index contributed by atoms with van der Waals surface area (Å²) < 4.78 is 27.2. The Morgan fingerprint density at radius 2 is 1.73 bits per heavy atom. The van der Waals surface area contributed by atoms with Crippen LogP contribution >= 0.6 is 15.9 Å². The normalized spacial score (nSPS) is 11.6. The van der Waals surface area contributed by atoms with Crippen molar-refractivity contribution in [2.45, 2.75) is 11.4 Å². The number of nitrogens with zero attached hydrogens (tertiary/aromatic N) is 1. The molecule has 0 radical (unpaired) electrons. The zero-order chi connectivity index (χ0) is 16.3. The number of benzene rings is 2. The fourth-order valence-electron chi connectivity index (χ4n) is 1.92. The SMILES string of the molecule is CN(Cc1ccccc1Br)S(=O)(=O)c1ccc(C(N)=O)cc1. The van der Waals surface area contributed by atoms with E-state index in [2.05, 4.69) is 15.9 Å². The molecule has 0 heterocycles. The first-order chi connectivity index (χ1) is 10.3. The molecule has 0 atom stereocenters. The highest BCUT2D eigenvalue weighted by Gasteiger charge is 2.21. The van der Waals surface area contributed by atoms with Gasteiger partial charge >= 0.3 is 0 Å². The Morgan fingerprint density at radius 3 is 2.27 bits per heavy atom. The minimum Gasteiger partial charge on any atom is -0.366 e. The van der Waals surface area contributed by atoms with Crippen LogP contribution in [-0.2, 0) is 16.6 Å². The number of hydrogen-bond acceptors (Lipinski definition) is 3. The number of carbonyl (C=O) groups excluding carboxylic acids is 1. The molecule has 2 rings (SSSR count). The molecule has 0 aliphatic heterocycles. The van der Waals surface area contributed by atoms with Gasteiger partial charge in [0.25, 0.3) is 0 Å². The number of carbonyl (C=O) groups is 1. The molecule has 2 N–H and O–H groups in total. The fourth-order valence-corrected chi connectivity index (χ4v) is 3.48. The number of primary amides is 1. The second-order valence-corrected chi connectivity index (χ2v) is 7.64.